The molecule has 0 amide bonds. The fraction of sp³-hybridized carbons (Fsp3) is 0.0385. The minimum absolute atomic E-state index is 0.362. The highest BCUT2D eigenvalue weighted by Gasteiger charge is 2.20. The van der Waals surface area contributed by atoms with Crippen molar-refractivity contribution in [3.05, 3.63) is 230 Å². The molecule has 0 bridgehead atoms. The van der Waals surface area contributed by atoms with Crippen molar-refractivity contribution in [2.45, 2.75) is 12.3 Å². The van der Waals surface area contributed by atoms with E-state index in [0.29, 0.717) is 5.92 Å². The van der Waals surface area contributed by atoms with Crippen LogP contribution in [0.3, 0.4) is 0 Å². The molecule has 1 aliphatic rings. The quantitative estimate of drug-likeness (QED) is 0.155. The van der Waals surface area contributed by atoms with Gasteiger partial charge in [-0.2, -0.15) is 0 Å². The Bertz CT molecular complexity index is 2540. The van der Waals surface area contributed by atoms with Gasteiger partial charge in [0.25, 0.3) is 0 Å². The van der Waals surface area contributed by atoms with Crippen molar-refractivity contribution in [3.8, 4) is 44.5 Å². The zero-order valence-corrected chi connectivity index (χ0v) is 29.5. The summed E-state index contributed by atoms with van der Waals surface area (Å²) in [4.78, 5) is 2.41. The zero-order valence-electron chi connectivity index (χ0n) is 29.5. The zero-order chi connectivity index (χ0) is 35.4. The van der Waals surface area contributed by atoms with E-state index in [9.17, 15) is 0 Å². The van der Waals surface area contributed by atoms with Crippen molar-refractivity contribution in [1.29, 1.82) is 0 Å². The third-order valence-electron chi connectivity index (χ3n) is 10.4. The average molecular weight is 678 g/mol. The molecule has 1 atom stereocenters. The Hall–Kier alpha value is -6.70. The monoisotopic (exact) mass is 677 g/mol. The molecule has 252 valence electrons. The SMILES string of the molecule is C1=CC(c2ccccc2)CC=C1N(c1ccc(-c2ccccc2)cc1)c1ccc(-c2ccc(-c3cccc4ccccc34)cc2)c(-c2ccccc2)c1. The molecule has 0 saturated heterocycles. The van der Waals surface area contributed by atoms with Crippen LogP contribution in [0, 0.1) is 0 Å². The lowest BCUT2D eigenvalue weighted by molar-refractivity contribution is 0.840. The number of nitrogens with zero attached hydrogens (tertiary/aromatic N) is 1. The van der Waals surface area contributed by atoms with Crippen molar-refractivity contribution in [2.24, 2.45) is 0 Å². The second-order valence-corrected chi connectivity index (χ2v) is 13.7. The van der Waals surface area contributed by atoms with Crippen LogP contribution >= 0.6 is 0 Å². The van der Waals surface area contributed by atoms with Gasteiger partial charge in [0.1, 0.15) is 0 Å². The number of rotatable bonds is 8. The van der Waals surface area contributed by atoms with Crippen LogP contribution in [0.15, 0.2) is 224 Å². The molecule has 1 unspecified atom stereocenters. The van der Waals surface area contributed by atoms with E-state index in [-0.39, 0.29) is 0 Å². The smallest absolute Gasteiger partial charge is 0.0468 e. The van der Waals surface area contributed by atoms with E-state index >= 15 is 0 Å². The molecule has 0 N–H and O–H groups in total. The predicted octanol–water partition coefficient (Wildman–Crippen LogP) is 14.3. The second-order valence-electron chi connectivity index (χ2n) is 13.7. The molecule has 0 fully saturated rings. The van der Waals surface area contributed by atoms with E-state index in [1.54, 1.807) is 0 Å². The van der Waals surface area contributed by atoms with Crippen molar-refractivity contribution < 1.29 is 0 Å². The van der Waals surface area contributed by atoms with Gasteiger partial charge in [0.2, 0.25) is 0 Å². The Balaban J connectivity index is 1.13. The van der Waals surface area contributed by atoms with Crippen LogP contribution in [-0.2, 0) is 0 Å². The van der Waals surface area contributed by atoms with Crippen molar-refractivity contribution in [3.63, 3.8) is 0 Å². The molecule has 0 radical (unpaired) electrons. The van der Waals surface area contributed by atoms with Crippen molar-refractivity contribution in [2.75, 3.05) is 4.90 Å². The number of hydrogen-bond acceptors (Lipinski definition) is 1. The van der Waals surface area contributed by atoms with Crippen LogP contribution in [0.25, 0.3) is 55.3 Å². The van der Waals surface area contributed by atoms with Gasteiger partial charge in [-0.15, -0.1) is 0 Å². The van der Waals surface area contributed by atoms with Gasteiger partial charge in [-0.05, 0) is 97.6 Å². The first-order valence-electron chi connectivity index (χ1n) is 18.5. The summed E-state index contributed by atoms with van der Waals surface area (Å²) in [5.41, 5.74) is 14.5. The van der Waals surface area contributed by atoms with Gasteiger partial charge in [0.05, 0.1) is 0 Å². The average Bonchev–Trinajstić information content (AvgIpc) is 3.25. The second kappa shape index (κ2) is 14.5. The molecule has 9 rings (SSSR count). The summed E-state index contributed by atoms with van der Waals surface area (Å²) in [6.07, 6.45) is 8.00. The Kier molecular flexibility index (Phi) is 8.82. The van der Waals surface area contributed by atoms with E-state index in [1.807, 2.05) is 0 Å². The molecule has 8 aromatic carbocycles. The molecule has 53 heavy (non-hydrogen) atoms. The molecule has 1 heteroatoms. The summed E-state index contributed by atoms with van der Waals surface area (Å²) in [5, 5.41) is 2.53. The molecular weight excluding hydrogens is 639 g/mol. The van der Waals surface area contributed by atoms with Gasteiger partial charge in [0.15, 0.2) is 0 Å². The highest BCUT2D eigenvalue weighted by atomic mass is 15.1. The largest absolute Gasteiger partial charge is 0.311 e. The number of allylic oxidation sites excluding steroid dienone is 3. The number of benzene rings is 8. The first-order chi connectivity index (χ1) is 26.3. The maximum absolute atomic E-state index is 2.41. The fourth-order valence-corrected chi connectivity index (χ4v) is 7.69. The van der Waals surface area contributed by atoms with Crippen molar-refractivity contribution in [1.82, 2.24) is 0 Å². The van der Waals surface area contributed by atoms with Crippen LogP contribution in [0.2, 0.25) is 0 Å². The van der Waals surface area contributed by atoms with E-state index in [1.165, 1.54) is 66.5 Å². The van der Waals surface area contributed by atoms with Gasteiger partial charge in [0, 0.05) is 23.0 Å². The van der Waals surface area contributed by atoms with Crippen LogP contribution < -0.4 is 4.90 Å². The lowest BCUT2D eigenvalue weighted by Crippen LogP contribution is -2.17. The Morgan fingerprint density at radius 2 is 0.943 bits per heavy atom. The van der Waals surface area contributed by atoms with Crippen LogP contribution in [-0.4, -0.2) is 0 Å². The molecule has 1 aliphatic carbocycles. The van der Waals surface area contributed by atoms with E-state index < -0.39 is 0 Å². The third kappa shape index (κ3) is 6.62. The molecule has 0 aliphatic heterocycles. The first kappa shape index (κ1) is 32.2. The normalized spacial score (nSPS) is 13.8. The molecule has 1 nitrogen and oxygen atoms in total. The highest BCUT2D eigenvalue weighted by Crippen LogP contribution is 2.41. The fourth-order valence-electron chi connectivity index (χ4n) is 7.69. The van der Waals surface area contributed by atoms with E-state index in [4.69, 9.17) is 0 Å². The van der Waals surface area contributed by atoms with Gasteiger partial charge in [-0.1, -0.05) is 188 Å². The standard InChI is InChI=1S/C52H39N/c1-4-13-38(14-5-1)40-27-31-46(32-28-40)53(47-33-29-41(30-34-47)39-15-6-2-7-16-39)48-35-36-51(52(37-48)43-17-8-3-9-18-43)45-25-23-44(24-26-45)50-22-12-20-42-19-10-11-21-49(42)50/h1-29,31-37,41H,30H2. The molecule has 0 aromatic heterocycles. The number of fused-ring (bicyclic) bond motifs is 1. The minimum atomic E-state index is 0.362. The van der Waals surface area contributed by atoms with Gasteiger partial charge in [-0.25, -0.2) is 0 Å². The maximum atomic E-state index is 2.41. The summed E-state index contributed by atoms with van der Waals surface area (Å²) in [6.45, 7) is 0. The van der Waals surface area contributed by atoms with Crippen LogP contribution in [0.1, 0.15) is 17.9 Å². The van der Waals surface area contributed by atoms with Gasteiger partial charge in [-0.3, -0.25) is 0 Å². The lowest BCUT2D eigenvalue weighted by Gasteiger charge is -2.30. The summed E-state index contributed by atoms with van der Waals surface area (Å²) in [7, 11) is 0. The van der Waals surface area contributed by atoms with E-state index in [2.05, 4.69) is 223 Å². The number of anilines is 2. The van der Waals surface area contributed by atoms with Gasteiger partial charge < -0.3 is 4.90 Å². The highest BCUT2D eigenvalue weighted by molar-refractivity contribution is 5.97. The Morgan fingerprint density at radius 1 is 0.396 bits per heavy atom. The molecule has 0 spiro atoms. The summed E-state index contributed by atoms with van der Waals surface area (Å²) in [5.74, 6) is 0.362. The summed E-state index contributed by atoms with van der Waals surface area (Å²) in [6, 6.07) is 72.4. The topological polar surface area (TPSA) is 3.24 Å². The Labute approximate surface area is 312 Å². The minimum Gasteiger partial charge on any atom is -0.311 e. The number of hydrogen-bond donors (Lipinski definition) is 0. The summed E-state index contributed by atoms with van der Waals surface area (Å²) >= 11 is 0. The summed E-state index contributed by atoms with van der Waals surface area (Å²) < 4.78 is 0. The third-order valence-corrected chi connectivity index (χ3v) is 10.4. The molecule has 0 saturated carbocycles. The van der Waals surface area contributed by atoms with E-state index in [0.717, 1.165) is 17.8 Å². The molecular formula is C52H39N. The van der Waals surface area contributed by atoms with Gasteiger partial charge >= 0.3 is 0 Å². The maximum Gasteiger partial charge on any atom is 0.0468 e. The molecule has 8 aromatic rings. The Morgan fingerprint density at radius 3 is 1.64 bits per heavy atom. The lowest BCUT2D eigenvalue weighted by atomic mass is 9.90. The molecule has 0 heterocycles. The predicted molar refractivity (Wildman–Crippen MR) is 225 cm³/mol. The van der Waals surface area contributed by atoms with Crippen LogP contribution in [0.5, 0.6) is 0 Å². The first-order valence-corrected chi connectivity index (χ1v) is 18.5. The van der Waals surface area contributed by atoms with Crippen LogP contribution in [0.4, 0.5) is 11.4 Å². The van der Waals surface area contributed by atoms with Crippen molar-refractivity contribution >= 4 is 22.1 Å².